The fourth-order valence-corrected chi connectivity index (χ4v) is 4.15. The Morgan fingerprint density at radius 1 is 1.35 bits per heavy atom. The van der Waals surface area contributed by atoms with Crippen molar-refractivity contribution in [1.29, 1.82) is 0 Å². The van der Waals surface area contributed by atoms with Gasteiger partial charge < -0.3 is 5.11 Å². The number of nitrogens with one attached hydrogen (secondary N) is 1. The molecule has 0 amide bonds. The van der Waals surface area contributed by atoms with Crippen molar-refractivity contribution in [2.24, 2.45) is 0 Å². The molecule has 0 saturated heterocycles. The Hall–Kier alpha value is -1.05. The van der Waals surface area contributed by atoms with Crippen LogP contribution in [0.25, 0.3) is 0 Å². The fourth-order valence-electron chi connectivity index (χ4n) is 1.96. The Morgan fingerprint density at radius 3 is 2.45 bits per heavy atom. The van der Waals surface area contributed by atoms with Crippen LogP contribution in [0, 0.1) is 13.8 Å². The normalized spacial score (nSPS) is 13.2. The molecule has 7 heteroatoms. The summed E-state index contributed by atoms with van der Waals surface area (Å²) in [6, 6.07) is 2.59. The van der Waals surface area contributed by atoms with Crippen LogP contribution in [0.3, 0.4) is 0 Å². The summed E-state index contributed by atoms with van der Waals surface area (Å²) in [5, 5.41) is 9.09. The topological polar surface area (TPSA) is 83.5 Å². The fraction of sp³-hybridized carbons (Fsp3) is 0.462. The summed E-state index contributed by atoms with van der Waals surface area (Å²) in [6.45, 7) is 5.08. The molecular formula is C13H19NO4S2. The number of rotatable bonds is 6. The molecule has 0 aliphatic heterocycles. The lowest BCUT2D eigenvalue weighted by molar-refractivity contribution is 0.0696. The molecular weight excluding hydrogens is 298 g/mol. The summed E-state index contributed by atoms with van der Waals surface area (Å²) in [5.74, 6) is -0.480. The maximum absolute atomic E-state index is 12.3. The molecule has 0 aromatic heterocycles. The third-order valence-corrected chi connectivity index (χ3v) is 5.38. The van der Waals surface area contributed by atoms with Crippen LogP contribution in [0.15, 0.2) is 17.0 Å². The molecule has 1 aromatic carbocycles. The second-order valence-electron chi connectivity index (χ2n) is 4.72. The molecule has 1 aromatic rings. The van der Waals surface area contributed by atoms with E-state index >= 15 is 0 Å². The molecule has 20 heavy (non-hydrogen) atoms. The first-order valence-electron chi connectivity index (χ1n) is 6.05. The lowest BCUT2D eigenvalue weighted by atomic mass is 10.1. The van der Waals surface area contributed by atoms with Gasteiger partial charge in [-0.15, -0.1) is 0 Å². The van der Waals surface area contributed by atoms with Crippen LogP contribution in [-0.4, -0.2) is 37.5 Å². The van der Waals surface area contributed by atoms with Crippen molar-refractivity contribution in [1.82, 2.24) is 4.72 Å². The molecule has 5 nitrogen and oxygen atoms in total. The van der Waals surface area contributed by atoms with Crippen LogP contribution in [-0.2, 0) is 10.0 Å². The highest BCUT2D eigenvalue weighted by Gasteiger charge is 2.22. The van der Waals surface area contributed by atoms with Crippen LogP contribution in [0.5, 0.6) is 0 Å². The van der Waals surface area contributed by atoms with E-state index in [2.05, 4.69) is 4.72 Å². The van der Waals surface area contributed by atoms with E-state index in [0.717, 1.165) is 0 Å². The molecule has 0 spiro atoms. The van der Waals surface area contributed by atoms with E-state index in [1.165, 1.54) is 17.8 Å². The minimum atomic E-state index is -3.71. The number of hydrogen-bond donors (Lipinski definition) is 2. The first-order chi connectivity index (χ1) is 9.19. The highest BCUT2D eigenvalue weighted by atomic mass is 32.2. The van der Waals surface area contributed by atoms with E-state index in [9.17, 15) is 13.2 Å². The lowest BCUT2D eigenvalue weighted by Crippen LogP contribution is -2.34. The van der Waals surface area contributed by atoms with Gasteiger partial charge in [0.15, 0.2) is 0 Å². The van der Waals surface area contributed by atoms with Gasteiger partial charge in [0.1, 0.15) is 0 Å². The van der Waals surface area contributed by atoms with Crippen molar-refractivity contribution < 1.29 is 18.3 Å². The number of benzene rings is 1. The molecule has 0 aliphatic carbocycles. The van der Waals surface area contributed by atoms with E-state index in [1.807, 2.05) is 6.26 Å². The van der Waals surface area contributed by atoms with Crippen molar-refractivity contribution in [2.75, 3.05) is 12.0 Å². The summed E-state index contributed by atoms with van der Waals surface area (Å²) >= 11 is 1.54. The Balaban J connectivity index is 3.24. The van der Waals surface area contributed by atoms with Gasteiger partial charge >= 0.3 is 5.97 Å². The average Bonchev–Trinajstić information content (AvgIpc) is 2.27. The van der Waals surface area contributed by atoms with Gasteiger partial charge in [0.05, 0.1) is 10.5 Å². The van der Waals surface area contributed by atoms with E-state index in [0.29, 0.717) is 16.9 Å². The quantitative estimate of drug-likeness (QED) is 0.839. The zero-order chi connectivity index (χ0) is 15.5. The van der Waals surface area contributed by atoms with Crippen LogP contribution in [0.4, 0.5) is 0 Å². The van der Waals surface area contributed by atoms with Crippen LogP contribution in [0.1, 0.15) is 28.4 Å². The Bertz CT molecular complexity index is 611. The maximum atomic E-state index is 12.3. The molecule has 0 saturated carbocycles. The number of carboxylic acid groups (broad SMARTS) is 1. The average molecular weight is 317 g/mol. The Kier molecular flexibility index (Phi) is 5.61. The third-order valence-electron chi connectivity index (χ3n) is 2.81. The van der Waals surface area contributed by atoms with Crippen molar-refractivity contribution >= 4 is 27.8 Å². The molecule has 1 rings (SSSR count). The smallest absolute Gasteiger partial charge is 0.335 e. The molecule has 1 unspecified atom stereocenters. The maximum Gasteiger partial charge on any atom is 0.335 e. The van der Waals surface area contributed by atoms with Gasteiger partial charge in [-0.3, -0.25) is 0 Å². The number of thioether (sulfide) groups is 1. The van der Waals surface area contributed by atoms with Crippen molar-refractivity contribution in [3.05, 3.63) is 28.8 Å². The lowest BCUT2D eigenvalue weighted by Gasteiger charge is -2.15. The van der Waals surface area contributed by atoms with E-state index in [1.54, 1.807) is 26.8 Å². The second kappa shape index (κ2) is 6.60. The molecule has 0 radical (unpaired) electrons. The van der Waals surface area contributed by atoms with Crippen LogP contribution >= 0.6 is 11.8 Å². The first kappa shape index (κ1) is 17.0. The third kappa shape index (κ3) is 3.97. The number of aromatic carboxylic acids is 1. The molecule has 2 N–H and O–H groups in total. The number of sulfonamides is 1. The van der Waals surface area contributed by atoms with Gasteiger partial charge in [-0.2, -0.15) is 11.8 Å². The Labute approximate surface area is 123 Å². The van der Waals surface area contributed by atoms with Crippen LogP contribution in [0.2, 0.25) is 0 Å². The van der Waals surface area contributed by atoms with Gasteiger partial charge in [0, 0.05) is 11.8 Å². The largest absolute Gasteiger partial charge is 0.478 e. The zero-order valence-corrected chi connectivity index (χ0v) is 13.6. The summed E-state index contributed by atoms with van der Waals surface area (Å²) in [4.78, 5) is 11.1. The summed E-state index contributed by atoms with van der Waals surface area (Å²) in [7, 11) is -3.71. The standard InChI is InChI=1S/C13H19NO4S2/c1-8-5-9(2)12(6-11(8)13(15)16)20(17,18)14-10(3)7-19-4/h5-6,10,14H,7H2,1-4H3,(H,15,16). The molecule has 0 bridgehead atoms. The van der Waals surface area contributed by atoms with Gasteiger partial charge in [-0.05, 0) is 44.2 Å². The Morgan fingerprint density at radius 2 is 1.95 bits per heavy atom. The van der Waals surface area contributed by atoms with Crippen molar-refractivity contribution in [3.63, 3.8) is 0 Å². The van der Waals surface area contributed by atoms with Gasteiger partial charge in [0.25, 0.3) is 0 Å². The zero-order valence-electron chi connectivity index (χ0n) is 11.9. The molecule has 1 atom stereocenters. The highest BCUT2D eigenvalue weighted by Crippen LogP contribution is 2.21. The van der Waals surface area contributed by atoms with E-state index < -0.39 is 16.0 Å². The predicted octanol–water partition coefficient (Wildman–Crippen LogP) is 2.03. The number of aryl methyl sites for hydroxylation is 2. The molecule has 0 fully saturated rings. The number of hydrogen-bond acceptors (Lipinski definition) is 4. The summed E-state index contributed by atoms with van der Waals surface area (Å²) < 4.78 is 27.2. The predicted molar refractivity (Wildman–Crippen MR) is 81.0 cm³/mol. The molecule has 112 valence electrons. The van der Waals surface area contributed by atoms with Crippen molar-refractivity contribution in [3.8, 4) is 0 Å². The molecule has 0 aliphatic rings. The van der Waals surface area contributed by atoms with Gasteiger partial charge in [-0.1, -0.05) is 6.07 Å². The van der Waals surface area contributed by atoms with Crippen LogP contribution < -0.4 is 4.72 Å². The number of carboxylic acids is 1. The van der Waals surface area contributed by atoms with Gasteiger partial charge in [0.2, 0.25) is 10.0 Å². The number of carbonyl (C=O) groups is 1. The molecule has 0 heterocycles. The highest BCUT2D eigenvalue weighted by molar-refractivity contribution is 7.98. The van der Waals surface area contributed by atoms with E-state index in [-0.39, 0.29) is 16.5 Å². The second-order valence-corrected chi connectivity index (χ2v) is 7.31. The first-order valence-corrected chi connectivity index (χ1v) is 8.92. The summed E-state index contributed by atoms with van der Waals surface area (Å²) in [6.07, 6.45) is 1.89. The summed E-state index contributed by atoms with van der Waals surface area (Å²) in [5.41, 5.74) is 1.09. The monoisotopic (exact) mass is 317 g/mol. The SMILES string of the molecule is CSCC(C)NS(=O)(=O)c1cc(C(=O)O)c(C)cc1C. The van der Waals surface area contributed by atoms with E-state index in [4.69, 9.17) is 5.11 Å². The van der Waals surface area contributed by atoms with Crippen molar-refractivity contribution in [2.45, 2.75) is 31.7 Å². The van der Waals surface area contributed by atoms with Gasteiger partial charge in [-0.25, -0.2) is 17.9 Å². The minimum absolute atomic E-state index is 0.00787. The minimum Gasteiger partial charge on any atom is -0.478 e.